The molecule has 24 heavy (non-hydrogen) atoms. The molecule has 1 aromatic carbocycles. The Kier molecular flexibility index (Phi) is 5.38. The van der Waals surface area contributed by atoms with E-state index < -0.39 is 0 Å². The summed E-state index contributed by atoms with van der Waals surface area (Å²) in [5, 5.41) is 9.31. The van der Waals surface area contributed by atoms with Crippen molar-refractivity contribution < 1.29 is 4.79 Å². The molecule has 3 rings (SSSR count). The molecule has 0 saturated carbocycles. The van der Waals surface area contributed by atoms with E-state index in [1.807, 2.05) is 54.1 Å². The summed E-state index contributed by atoms with van der Waals surface area (Å²) in [7, 11) is 1.94. The zero-order chi connectivity index (χ0) is 16.8. The van der Waals surface area contributed by atoms with Gasteiger partial charge in [0.2, 0.25) is 0 Å². The molecule has 0 fully saturated rings. The van der Waals surface area contributed by atoms with E-state index >= 15 is 0 Å². The average molecular weight is 338 g/mol. The number of carbonyl (C=O) groups excluding carboxylic acids is 1. The van der Waals surface area contributed by atoms with E-state index in [-0.39, 0.29) is 5.78 Å². The molecular weight excluding hydrogens is 320 g/mol. The molecule has 0 aliphatic heterocycles. The molecule has 5 nitrogen and oxygen atoms in total. The Balaban J connectivity index is 1.53. The summed E-state index contributed by atoms with van der Waals surface area (Å²) >= 11 is 1.62. The third kappa shape index (κ3) is 3.89. The predicted octanol–water partition coefficient (Wildman–Crippen LogP) is 3.63. The summed E-state index contributed by atoms with van der Waals surface area (Å²) in [5.41, 5.74) is 1.72. The van der Waals surface area contributed by atoms with Gasteiger partial charge >= 0.3 is 0 Å². The minimum absolute atomic E-state index is 0.185. The smallest absolute Gasteiger partial charge is 0.191 e. The lowest BCUT2D eigenvalue weighted by atomic mass is 10.1. The van der Waals surface area contributed by atoms with Gasteiger partial charge in [-0.3, -0.25) is 9.78 Å². The summed E-state index contributed by atoms with van der Waals surface area (Å²) in [6.45, 7) is 0. The molecule has 2 aromatic heterocycles. The van der Waals surface area contributed by atoms with Crippen LogP contribution < -0.4 is 0 Å². The molecule has 0 unspecified atom stereocenters. The van der Waals surface area contributed by atoms with Crippen LogP contribution in [-0.4, -0.2) is 31.3 Å². The number of hydrogen-bond donors (Lipinski definition) is 0. The van der Waals surface area contributed by atoms with Crippen molar-refractivity contribution in [2.24, 2.45) is 7.05 Å². The minimum Gasteiger partial charge on any atom is -0.305 e. The Labute approximate surface area is 145 Å². The van der Waals surface area contributed by atoms with Crippen LogP contribution in [0, 0.1) is 0 Å². The molecule has 0 N–H and O–H groups in total. The number of nitrogens with zero attached hydrogens (tertiary/aromatic N) is 4. The lowest BCUT2D eigenvalue weighted by molar-refractivity contribution is 0.0982. The molecule has 3 aromatic rings. The lowest BCUT2D eigenvalue weighted by Gasteiger charge is -2.04. The molecule has 0 amide bonds. The SMILES string of the molecule is Cn1c(SCCCC(=O)c2ccccc2)nnc1-c1cccnc1. The number of rotatable bonds is 7. The van der Waals surface area contributed by atoms with Gasteiger partial charge in [-0.15, -0.1) is 10.2 Å². The first-order chi connectivity index (χ1) is 11.8. The van der Waals surface area contributed by atoms with Gasteiger partial charge in [-0.2, -0.15) is 0 Å². The summed E-state index contributed by atoms with van der Waals surface area (Å²) in [5.74, 6) is 1.81. The quantitative estimate of drug-likeness (QED) is 0.374. The molecule has 122 valence electrons. The Morgan fingerprint density at radius 2 is 1.96 bits per heavy atom. The highest BCUT2D eigenvalue weighted by Crippen LogP contribution is 2.22. The van der Waals surface area contributed by atoms with Gasteiger partial charge in [-0.1, -0.05) is 42.1 Å². The Hall–Kier alpha value is -2.47. The van der Waals surface area contributed by atoms with Crippen LogP contribution >= 0.6 is 11.8 Å². The molecule has 0 atom stereocenters. The molecular formula is C18H18N4OS. The van der Waals surface area contributed by atoms with Gasteiger partial charge in [0.1, 0.15) is 0 Å². The third-order valence-electron chi connectivity index (χ3n) is 3.63. The Morgan fingerprint density at radius 3 is 2.71 bits per heavy atom. The van der Waals surface area contributed by atoms with Crippen LogP contribution in [0.3, 0.4) is 0 Å². The van der Waals surface area contributed by atoms with E-state index in [1.54, 1.807) is 24.2 Å². The summed E-state index contributed by atoms with van der Waals surface area (Å²) in [6.07, 6.45) is 4.87. The number of thioether (sulfide) groups is 1. The molecule has 0 radical (unpaired) electrons. The summed E-state index contributed by atoms with van der Waals surface area (Å²) in [4.78, 5) is 16.2. The van der Waals surface area contributed by atoms with Crippen LogP contribution in [0.25, 0.3) is 11.4 Å². The van der Waals surface area contributed by atoms with E-state index in [0.29, 0.717) is 6.42 Å². The van der Waals surface area contributed by atoms with Gasteiger partial charge in [-0.25, -0.2) is 0 Å². The van der Waals surface area contributed by atoms with Crippen molar-refractivity contribution in [1.29, 1.82) is 0 Å². The fourth-order valence-electron chi connectivity index (χ4n) is 2.35. The fourth-order valence-corrected chi connectivity index (χ4v) is 3.20. The van der Waals surface area contributed by atoms with Gasteiger partial charge in [-0.05, 0) is 18.6 Å². The molecule has 0 bridgehead atoms. The molecule has 0 saturated heterocycles. The van der Waals surface area contributed by atoms with Gasteiger partial charge in [0.15, 0.2) is 16.8 Å². The van der Waals surface area contributed by atoms with Gasteiger partial charge < -0.3 is 4.57 Å². The second-order valence-electron chi connectivity index (χ2n) is 5.35. The number of ketones is 1. The lowest BCUT2D eigenvalue weighted by Crippen LogP contribution is -2.00. The van der Waals surface area contributed by atoms with Crippen molar-refractivity contribution in [2.75, 3.05) is 5.75 Å². The largest absolute Gasteiger partial charge is 0.305 e. The minimum atomic E-state index is 0.185. The van der Waals surface area contributed by atoms with Crippen molar-refractivity contribution >= 4 is 17.5 Å². The second-order valence-corrected chi connectivity index (χ2v) is 6.41. The highest BCUT2D eigenvalue weighted by Gasteiger charge is 2.11. The molecule has 0 aliphatic rings. The maximum atomic E-state index is 12.1. The third-order valence-corrected chi connectivity index (χ3v) is 4.74. The van der Waals surface area contributed by atoms with Crippen molar-refractivity contribution in [3.05, 3.63) is 60.4 Å². The molecule has 0 spiro atoms. The van der Waals surface area contributed by atoms with E-state index in [9.17, 15) is 4.79 Å². The number of pyridine rings is 1. The van der Waals surface area contributed by atoms with Crippen LogP contribution in [0.5, 0.6) is 0 Å². The van der Waals surface area contributed by atoms with Crippen LogP contribution in [0.2, 0.25) is 0 Å². The van der Waals surface area contributed by atoms with E-state index in [0.717, 1.165) is 34.3 Å². The van der Waals surface area contributed by atoms with E-state index in [2.05, 4.69) is 15.2 Å². The standard InChI is InChI=1S/C18H18N4OS/c1-22-17(15-9-5-11-19-13-15)20-21-18(22)24-12-6-10-16(23)14-7-3-2-4-8-14/h2-5,7-9,11,13H,6,10,12H2,1H3. The van der Waals surface area contributed by atoms with Gasteiger partial charge in [0.25, 0.3) is 0 Å². The predicted molar refractivity (Wildman–Crippen MR) is 95.0 cm³/mol. The molecule has 2 heterocycles. The first kappa shape index (κ1) is 16.4. The fraction of sp³-hybridized carbons (Fsp3) is 0.222. The Bertz CT molecular complexity index is 802. The topological polar surface area (TPSA) is 60.7 Å². The first-order valence-corrected chi connectivity index (χ1v) is 8.75. The highest BCUT2D eigenvalue weighted by molar-refractivity contribution is 7.99. The van der Waals surface area contributed by atoms with Crippen LogP contribution in [0.4, 0.5) is 0 Å². The number of hydrogen-bond acceptors (Lipinski definition) is 5. The van der Waals surface area contributed by atoms with Crippen LogP contribution in [0.1, 0.15) is 23.2 Å². The number of benzene rings is 1. The molecule has 0 aliphatic carbocycles. The number of carbonyl (C=O) groups is 1. The van der Waals surface area contributed by atoms with Crippen LogP contribution in [0.15, 0.2) is 60.0 Å². The van der Waals surface area contributed by atoms with Crippen molar-refractivity contribution in [3.8, 4) is 11.4 Å². The summed E-state index contributed by atoms with van der Waals surface area (Å²) in [6, 6.07) is 13.3. The van der Waals surface area contributed by atoms with Crippen molar-refractivity contribution in [3.63, 3.8) is 0 Å². The maximum absolute atomic E-state index is 12.1. The van der Waals surface area contributed by atoms with E-state index in [4.69, 9.17) is 0 Å². The Morgan fingerprint density at radius 1 is 1.12 bits per heavy atom. The molecule has 6 heteroatoms. The van der Waals surface area contributed by atoms with Crippen molar-refractivity contribution in [1.82, 2.24) is 19.7 Å². The van der Waals surface area contributed by atoms with Crippen LogP contribution in [-0.2, 0) is 7.05 Å². The monoisotopic (exact) mass is 338 g/mol. The first-order valence-electron chi connectivity index (χ1n) is 7.76. The van der Waals surface area contributed by atoms with Gasteiger partial charge in [0.05, 0.1) is 0 Å². The maximum Gasteiger partial charge on any atom is 0.191 e. The zero-order valence-electron chi connectivity index (χ0n) is 13.4. The highest BCUT2D eigenvalue weighted by atomic mass is 32.2. The number of aromatic nitrogens is 4. The summed E-state index contributed by atoms with van der Waals surface area (Å²) < 4.78 is 1.96. The second kappa shape index (κ2) is 7.88. The zero-order valence-corrected chi connectivity index (χ0v) is 14.2. The number of Topliss-reactive ketones (excluding diaryl/α,β-unsaturated/α-hetero) is 1. The average Bonchev–Trinajstić information content (AvgIpc) is 3.00. The van der Waals surface area contributed by atoms with E-state index in [1.165, 1.54) is 0 Å². The van der Waals surface area contributed by atoms with Gasteiger partial charge in [0, 0.05) is 42.7 Å². The van der Waals surface area contributed by atoms with Crippen molar-refractivity contribution in [2.45, 2.75) is 18.0 Å². The normalized spacial score (nSPS) is 10.7.